The van der Waals surface area contributed by atoms with E-state index in [9.17, 15) is 8.42 Å². The molecule has 0 spiro atoms. The zero-order valence-corrected chi connectivity index (χ0v) is 14.1. The Morgan fingerprint density at radius 2 is 2.09 bits per heavy atom. The summed E-state index contributed by atoms with van der Waals surface area (Å²) in [6.07, 6.45) is 3.38. The Kier molecular flexibility index (Phi) is 4.07. The Morgan fingerprint density at radius 3 is 2.74 bits per heavy atom. The molecule has 1 atom stereocenters. The monoisotopic (exact) mass is 337 g/mol. The average molecular weight is 337 g/mol. The van der Waals surface area contributed by atoms with Gasteiger partial charge in [0, 0.05) is 31.5 Å². The molecule has 1 aliphatic heterocycles. The molecule has 0 bridgehead atoms. The lowest BCUT2D eigenvalue weighted by atomic mass is 10.3. The standard InChI is InChI=1S/C14H19N5O3S/c1-10-6-13(17-11(2)16-10)22-12-4-5-19(7-12)23(20,21)14-8-18(3)9-15-14/h6,8-9,12H,4-5,7H2,1-3H3/t12-/m1/s1. The maximum atomic E-state index is 12.5. The van der Waals surface area contributed by atoms with E-state index in [0.29, 0.717) is 31.2 Å². The number of nitrogens with zero attached hydrogens (tertiary/aromatic N) is 5. The van der Waals surface area contributed by atoms with Crippen LogP contribution < -0.4 is 4.74 Å². The van der Waals surface area contributed by atoms with Gasteiger partial charge >= 0.3 is 0 Å². The molecule has 9 heteroatoms. The fraction of sp³-hybridized carbons (Fsp3) is 0.500. The van der Waals surface area contributed by atoms with Gasteiger partial charge in [-0.2, -0.15) is 9.29 Å². The van der Waals surface area contributed by atoms with Gasteiger partial charge in [-0.15, -0.1) is 0 Å². The first-order chi connectivity index (χ1) is 10.8. The molecular formula is C14H19N5O3S. The Labute approximate surface area is 135 Å². The zero-order chi connectivity index (χ0) is 16.6. The highest BCUT2D eigenvalue weighted by atomic mass is 32.2. The number of hydrogen-bond acceptors (Lipinski definition) is 6. The van der Waals surface area contributed by atoms with Gasteiger partial charge in [-0.3, -0.25) is 0 Å². The van der Waals surface area contributed by atoms with E-state index in [2.05, 4.69) is 15.0 Å². The van der Waals surface area contributed by atoms with Crippen LogP contribution in [0.3, 0.4) is 0 Å². The fourth-order valence-corrected chi connectivity index (χ4v) is 4.03. The third-order valence-corrected chi connectivity index (χ3v) is 5.37. The van der Waals surface area contributed by atoms with E-state index in [1.54, 1.807) is 24.6 Å². The second-order valence-electron chi connectivity index (χ2n) is 5.66. The van der Waals surface area contributed by atoms with Crippen molar-refractivity contribution in [2.45, 2.75) is 31.4 Å². The van der Waals surface area contributed by atoms with Crippen LogP contribution in [0.4, 0.5) is 0 Å². The van der Waals surface area contributed by atoms with Gasteiger partial charge in [-0.1, -0.05) is 0 Å². The van der Waals surface area contributed by atoms with Crippen LogP contribution in [0.5, 0.6) is 5.88 Å². The lowest BCUT2D eigenvalue weighted by Gasteiger charge is -2.16. The van der Waals surface area contributed by atoms with Gasteiger partial charge in [-0.25, -0.2) is 18.4 Å². The van der Waals surface area contributed by atoms with Crippen molar-refractivity contribution in [3.05, 3.63) is 30.1 Å². The molecule has 23 heavy (non-hydrogen) atoms. The van der Waals surface area contributed by atoms with Gasteiger partial charge in [0.2, 0.25) is 5.88 Å². The predicted molar refractivity (Wildman–Crippen MR) is 82.5 cm³/mol. The first-order valence-electron chi connectivity index (χ1n) is 7.31. The van der Waals surface area contributed by atoms with Crippen molar-refractivity contribution in [1.29, 1.82) is 0 Å². The molecular weight excluding hydrogens is 318 g/mol. The molecule has 2 aromatic heterocycles. The number of hydrogen-bond donors (Lipinski definition) is 0. The van der Waals surface area contributed by atoms with E-state index in [1.165, 1.54) is 16.8 Å². The van der Waals surface area contributed by atoms with E-state index in [0.717, 1.165) is 5.69 Å². The maximum absolute atomic E-state index is 12.5. The maximum Gasteiger partial charge on any atom is 0.262 e. The molecule has 0 unspecified atom stereocenters. The fourth-order valence-electron chi connectivity index (χ4n) is 2.58. The number of ether oxygens (including phenoxy) is 1. The van der Waals surface area contributed by atoms with E-state index >= 15 is 0 Å². The third kappa shape index (κ3) is 3.35. The number of aromatic nitrogens is 4. The molecule has 3 heterocycles. The SMILES string of the molecule is Cc1cc(O[C@@H]2CCN(S(=O)(=O)c3cn(C)cn3)C2)nc(C)n1. The van der Waals surface area contributed by atoms with Crippen molar-refractivity contribution in [2.24, 2.45) is 7.05 Å². The first kappa shape index (κ1) is 15.9. The normalized spacial score (nSPS) is 19.2. The second-order valence-corrected chi connectivity index (χ2v) is 7.55. The minimum atomic E-state index is -3.57. The summed E-state index contributed by atoms with van der Waals surface area (Å²) < 4.78 is 33.9. The summed E-state index contributed by atoms with van der Waals surface area (Å²) in [7, 11) is -1.83. The first-order valence-corrected chi connectivity index (χ1v) is 8.75. The lowest BCUT2D eigenvalue weighted by molar-refractivity contribution is 0.206. The Balaban J connectivity index is 1.71. The van der Waals surface area contributed by atoms with E-state index < -0.39 is 10.0 Å². The van der Waals surface area contributed by atoms with Crippen LogP contribution >= 0.6 is 0 Å². The van der Waals surface area contributed by atoms with Crippen LogP contribution in [-0.2, 0) is 17.1 Å². The highest BCUT2D eigenvalue weighted by Gasteiger charge is 2.35. The van der Waals surface area contributed by atoms with Gasteiger partial charge in [0.1, 0.15) is 11.9 Å². The Bertz CT molecular complexity index is 797. The van der Waals surface area contributed by atoms with Crippen LogP contribution in [0.25, 0.3) is 0 Å². The number of sulfonamides is 1. The molecule has 1 saturated heterocycles. The summed E-state index contributed by atoms with van der Waals surface area (Å²) in [5.74, 6) is 1.12. The van der Waals surface area contributed by atoms with E-state index in [1.807, 2.05) is 6.92 Å². The molecule has 0 saturated carbocycles. The summed E-state index contributed by atoms with van der Waals surface area (Å²) in [6.45, 7) is 4.37. The molecule has 1 aliphatic rings. The molecule has 0 aliphatic carbocycles. The quantitative estimate of drug-likeness (QED) is 0.814. The van der Waals surface area contributed by atoms with Crippen LogP contribution in [-0.4, -0.2) is 51.4 Å². The van der Waals surface area contributed by atoms with Crippen LogP contribution in [0.2, 0.25) is 0 Å². The third-order valence-electron chi connectivity index (χ3n) is 3.62. The molecule has 8 nitrogen and oxygen atoms in total. The average Bonchev–Trinajstić information content (AvgIpc) is 3.07. The minimum Gasteiger partial charge on any atom is -0.473 e. The minimum absolute atomic E-state index is 0.0642. The van der Waals surface area contributed by atoms with Crippen molar-refractivity contribution in [1.82, 2.24) is 23.8 Å². The van der Waals surface area contributed by atoms with Crippen molar-refractivity contribution in [3.8, 4) is 5.88 Å². The van der Waals surface area contributed by atoms with Crippen molar-refractivity contribution in [3.63, 3.8) is 0 Å². The Morgan fingerprint density at radius 1 is 1.30 bits per heavy atom. The van der Waals surface area contributed by atoms with Crippen molar-refractivity contribution >= 4 is 10.0 Å². The topological polar surface area (TPSA) is 90.2 Å². The molecule has 0 aromatic carbocycles. The summed E-state index contributed by atoms with van der Waals surface area (Å²) in [5.41, 5.74) is 0.823. The summed E-state index contributed by atoms with van der Waals surface area (Å²) in [6, 6.07) is 1.75. The number of aryl methyl sites for hydroxylation is 3. The molecule has 2 aromatic rings. The smallest absolute Gasteiger partial charge is 0.262 e. The van der Waals surface area contributed by atoms with Gasteiger partial charge in [0.05, 0.1) is 12.9 Å². The second kappa shape index (κ2) is 5.89. The number of imidazole rings is 1. The highest BCUT2D eigenvalue weighted by molar-refractivity contribution is 7.89. The highest BCUT2D eigenvalue weighted by Crippen LogP contribution is 2.22. The predicted octanol–water partition coefficient (Wildman–Crippen LogP) is 0.669. The van der Waals surface area contributed by atoms with Gasteiger partial charge < -0.3 is 9.30 Å². The van der Waals surface area contributed by atoms with Crippen LogP contribution in [0, 0.1) is 13.8 Å². The zero-order valence-electron chi connectivity index (χ0n) is 13.3. The summed E-state index contributed by atoms with van der Waals surface area (Å²) >= 11 is 0. The number of rotatable bonds is 4. The Hall–Kier alpha value is -2.00. The van der Waals surface area contributed by atoms with Crippen LogP contribution in [0.15, 0.2) is 23.6 Å². The lowest BCUT2D eigenvalue weighted by Crippen LogP contribution is -2.31. The molecule has 0 N–H and O–H groups in total. The molecule has 1 fully saturated rings. The largest absolute Gasteiger partial charge is 0.473 e. The molecule has 3 rings (SSSR count). The van der Waals surface area contributed by atoms with E-state index in [-0.39, 0.29) is 11.1 Å². The summed E-state index contributed by atoms with van der Waals surface area (Å²) in [4.78, 5) is 12.4. The summed E-state index contributed by atoms with van der Waals surface area (Å²) in [5, 5.41) is 0.0642. The van der Waals surface area contributed by atoms with Crippen molar-refractivity contribution in [2.75, 3.05) is 13.1 Å². The molecule has 0 radical (unpaired) electrons. The van der Waals surface area contributed by atoms with Crippen LogP contribution in [0.1, 0.15) is 17.9 Å². The van der Waals surface area contributed by atoms with Gasteiger partial charge in [0.25, 0.3) is 10.0 Å². The van der Waals surface area contributed by atoms with E-state index in [4.69, 9.17) is 4.74 Å². The van der Waals surface area contributed by atoms with Gasteiger partial charge in [-0.05, 0) is 20.3 Å². The van der Waals surface area contributed by atoms with Gasteiger partial charge in [0.15, 0.2) is 5.03 Å². The molecule has 124 valence electrons. The molecule has 0 amide bonds. The van der Waals surface area contributed by atoms with Crippen molar-refractivity contribution < 1.29 is 13.2 Å².